The number of aromatic hydroxyl groups is 1. The minimum absolute atomic E-state index is 0.0812. The normalized spacial score (nSPS) is 13.5. The topological polar surface area (TPSA) is 86.6 Å². The van der Waals surface area contributed by atoms with Gasteiger partial charge >= 0.3 is 5.97 Å². The second-order valence-electron chi connectivity index (χ2n) is 8.74. The molecule has 0 aliphatic carbocycles. The molecular weight excluding hydrogens is 474 g/mol. The van der Waals surface area contributed by atoms with Gasteiger partial charge < -0.3 is 15.5 Å². The molecule has 0 fully saturated rings. The molecule has 3 N–H and O–H groups in total. The van der Waals surface area contributed by atoms with Gasteiger partial charge in [0.1, 0.15) is 5.75 Å². The van der Waals surface area contributed by atoms with E-state index in [1.165, 1.54) is 0 Å². The van der Waals surface area contributed by atoms with Gasteiger partial charge in [0.2, 0.25) is 0 Å². The summed E-state index contributed by atoms with van der Waals surface area (Å²) in [6, 6.07) is 24.0. The molecule has 0 aromatic heterocycles. The molecule has 178 valence electrons. The van der Waals surface area contributed by atoms with Gasteiger partial charge in [0.15, 0.2) is 0 Å². The highest BCUT2D eigenvalue weighted by atomic mass is 35.5. The number of carboxylic acid groups (broad SMARTS) is 1. The predicted molar refractivity (Wildman–Crippen MR) is 143 cm³/mol. The van der Waals surface area contributed by atoms with Gasteiger partial charge in [0.05, 0.1) is 17.1 Å². The van der Waals surface area contributed by atoms with Gasteiger partial charge in [-0.3, -0.25) is 9.59 Å². The first kappa shape index (κ1) is 23.4. The number of hydrogen-bond donors (Lipinski definition) is 3. The molecule has 0 saturated heterocycles. The maximum atomic E-state index is 12.8. The van der Waals surface area contributed by atoms with Crippen molar-refractivity contribution in [1.29, 1.82) is 0 Å². The Labute approximate surface area is 213 Å². The average Bonchev–Trinajstić information content (AvgIpc) is 3.14. The fourth-order valence-corrected chi connectivity index (χ4v) is 4.70. The summed E-state index contributed by atoms with van der Waals surface area (Å²) in [6.07, 6.45) is 1.69. The second kappa shape index (κ2) is 9.36. The Hall–Kier alpha value is -4.35. The number of aryl methyl sites for hydroxylation is 1. The molecule has 0 atom stereocenters. The Bertz CT molecular complexity index is 1550. The molecule has 1 amide bonds. The summed E-state index contributed by atoms with van der Waals surface area (Å²) in [5.74, 6) is -0.934. The van der Waals surface area contributed by atoms with Gasteiger partial charge in [-0.2, -0.15) is 0 Å². The molecule has 4 aromatic rings. The molecule has 0 unspecified atom stereocenters. The molecule has 1 aliphatic heterocycles. The maximum Gasteiger partial charge on any atom is 0.307 e. The first-order valence-electron chi connectivity index (χ1n) is 11.4. The van der Waals surface area contributed by atoms with Crippen LogP contribution in [0.3, 0.4) is 0 Å². The van der Waals surface area contributed by atoms with Crippen molar-refractivity contribution in [1.82, 2.24) is 0 Å². The first-order chi connectivity index (χ1) is 17.3. The number of fused-ring (bicyclic) bond motifs is 1. The summed E-state index contributed by atoms with van der Waals surface area (Å²) >= 11 is 6.60. The number of aliphatic carboxylic acids is 1. The lowest BCUT2D eigenvalue weighted by Gasteiger charge is -2.10. The number of phenolic OH excluding ortho intramolecular Hbond substituents is 1. The molecule has 5 rings (SSSR count). The van der Waals surface area contributed by atoms with E-state index in [0.717, 1.165) is 38.9 Å². The van der Waals surface area contributed by atoms with Crippen LogP contribution in [0.25, 0.3) is 33.9 Å². The highest BCUT2D eigenvalue weighted by Crippen LogP contribution is 2.41. The maximum absolute atomic E-state index is 12.8. The molecule has 4 aromatic carbocycles. The number of hydrogen-bond acceptors (Lipinski definition) is 3. The number of phenols is 1. The molecule has 5 nitrogen and oxygen atoms in total. The van der Waals surface area contributed by atoms with Gasteiger partial charge in [0, 0.05) is 22.3 Å². The smallest absolute Gasteiger partial charge is 0.307 e. The van der Waals surface area contributed by atoms with Gasteiger partial charge in [-0.15, -0.1) is 0 Å². The second-order valence-corrected chi connectivity index (χ2v) is 9.15. The summed E-state index contributed by atoms with van der Waals surface area (Å²) in [4.78, 5) is 24.0. The van der Waals surface area contributed by atoms with Crippen LogP contribution >= 0.6 is 11.6 Å². The first-order valence-corrected chi connectivity index (χ1v) is 11.7. The Kier molecular flexibility index (Phi) is 6.08. The van der Waals surface area contributed by atoms with Crippen LogP contribution in [-0.2, 0) is 16.0 Å². The van der Waals surface area contributed by atoms with Crippen LogP contribution in [0, 0.1) is 6.92 Å². The van der Waals surface area contributed by atoms with E-state index in [1.54, 1.807) is 30.3 Å². The molecule has 1 heterocycles. The zero-order valence-electron chi connectivity index (χ0n) is 19.4. The molecule has 0 saturated carbocycles. The lowest BCUT2D eigenvalue weighted by molar-refractivity contribution is -0.136. The van der Waals surface area contributed by atoms with Crippen molar-refractivity contribution in [3.8, 4) is 28.0 Å². The Morgan fingerprint density at radius 1 is 0.917 bits per heavy atom. The van der Waals surface area contributed by atoms with Crippen LogP contribution < -0.4 is 5.32 Å². The van der Waals surface area contributed by atoms with E-state index >= 15 is 0 Å². The van der Waals surface area contributed by atoms with Crippen LogP contribution in [0.1, 0.15) is 22.3 Å². The zero-order valence-corrected chi connectivity index (χ0v) is 20.1. The molecule has 36 heavy (non-hydrogen) atoms. The number of carboxylic acids is 1. The number of benzene rings is 4. The van der Waals surface area contributed by atoms with E-state index < -0.39 is 5.97 Å². The van der Waals surface area contributed by atoms with Crippen molar-refractivity contribution in [2.24, 2.45) is 0 Å². The van der Waals surface area contributed by atoms with Crippen LogP contribution in [-0.4, -0.2) is 22.1 Å². The van der Waals surface area contributed by atoms with Gasteiger partial charge in [-0.25, -0.2) is 0 Å². The fraction of sp³-hybridized carbons (Fsp3) is 0.0667. The van der Waals surface area contributed by atoms with Crippen molar-refractivity contribution in [3.63, 3.8) is 0 Å². The summed E-state index contributed by atoms with van der Waals surface area (Å²) in [6.45, 7) is 1.87. The molecule has 0 spiro atoms. The Morgan fingerprint density at radius 3 is 2.31 bits per heavy atom. The van der Waals surface area contributed by atoms with E-state index in [9.17, 15) is 19.8 Å². The highest BCUT2D eigenvalue weighted by molar-refractivity contribution is 6.38. The molecule has 6 heteroatoms. The number of nitrogens with one attached hydrogen (secondary N) is 1. The number of halogens is 1. The fourth-order valence-electron chi connectivity index (χ4n) is 4.42. The number of para-hydroxylation sites is 1. The summed E-state index contributed by atoms with van der Waals surface area (Å²) in [7, 11) is 0. The van der Waals surface area contributed by atoms with E-state index in [0.29, 0.717) is 21.8 Å². The quantitative estimate of drug-likeness (QED) is 0.265. The number of anilines is 1. The highest BCUT2D eigenvalue weighted by Gasteiger charge is 2.26. The van der Waals surface area contributed by atoms with E-state index in [1.807, 2.05) is 61.5 Å². The summed E-state index contributed by atoms with van der Waals surface area (Å²) < 4.78 is 0. The van der Waals surface area contributed by atoms with Crippen LogP contribution in [0.15, 0.2) is 78.9 Å². The predicted octanol–water partition coefficient (Wildman–Crippen LogP) is 6.81. The third-order valence-electron chi connectivity index (χ3n) is 6.33. The van der Waals surface area contributed by atoms with Gasteiger partial charge in [-0.1, -0.05) is 72.3 Å². The standard InChI is InChI=1S/C30H22ClNO4/c1-17-6-7-18(12-21(17)14-29(34)35)13-25-24-15-23(26(31)16-27(24)32-30(25)36)20-10-8-19(9-11-20)22-4-2-3-5-28(22)33/h2-13,15-16,33H,14H2,1H3,(H,32,36)(H,34,35)/b25-13-. The van der Waals surface area contributed by atoms with Crippen molar-refractivity contribution < 1.29 is 19.8 Å². The number of carbonyl (C=O) groups is 2. The average molecular weight is 496 g/mol. The van der Waals surface area contributed by atoms with Crippen LogP contribution in [0.4, 0.5) is 5.69 Å². The molecule has 0 bridgehead atoms. The van der Waals surface area contributed by atoms with Crippen LogP contribution in [0.2, 0.25) is 5.02 Å². The zero-order chi connectivity index (χ0) is 25.4. The SMILES string of the molecule is Cc1ccc(/C=C2\C(=O)Nc3cc(Cl)c(-c4ccc(-c5ccccc5O)cc4)cc32)cc1CC(=O)O. The molecule has 1 aliphatic rings. The van der Waals surface area contributed by atoms with Gasteiger partial charge in [0.25, 0.3) is 5.91 Å². The lowest BCUT2D eigenvalue weighted by Crippen LogP contribution is -2.04. The van der Waals surface area contributed by atoms with Crippen molar-refractivity contribution >= 4 is 40.8 Å². The van der Waals surface area contributed by atoms with Gasteiger partial charge in [-0.05, 0) is 59.0 Å². The minimum atomic E-state index is -0.903. The van der Waals surface area contributed by atoms with Crippen molar-refractivity contribution in [2.75, 3.05) is 5.32 Å². The lowest BCUT2D eigenvalue weighted by atomic mass is 9.95. The number of carbonyl (C=O) groups excluding carboxylic acids is 1. The van der Waals surface area contributed by atoms with Crippen molar-refractivity contribution in [3.05, 3.63) is 106 Å². The summed E-state index contributed by atoms with van der Waals surface area (Å²) in [5, 5.41) is 22.7. The Morgan fingerprint density at radius 2 is 1.61 bits per heavy atom. The van der Waals surface area contributed by atoms with E-state index in [2.05, 4.69) is 5.32 Å². The third-order valence-corrected chi connectivity index (χ3v) is 6.64. The number of amides is 1. The monoisotopic (exact) mass is 495 g/mol. The number of rotatable bonds is 5. The minimum Gasteiger partial charge on any atom is -0.507 e. The molecule has 0 radical (unpaired) electrons. The Balaban J connectivity index is 1.53. The van der Waals surface area contributed by atoms with Crippen molar-refractivity contribution in [2.45, 2.75) is 13.3 Å². The largest absolute Gasteiger partial charge is 0.507 e. The van der Waals surface area contributed by atoms with E-state index in [4.69, 9.17) is 11.6 Å². The third kappa shape index (κ3) is 4.49. The van der Waals surface area contributed by atoms with E-state index in [-0.39, 0.29) is 18.1 Å². The van der Waals surface area contributed by atoms with Crippen LogP contribution in [0.5, 0.6) is 5.75 Å². The molecular formula is C30H22ClNO4. The summed E-state index contributed by atoms with van der Waals surface area (Å²) in [5.41, 5.74) is 7.45.